The number of carboxylic acids is 1. The van der Waals surface area contributed by atoms with Crippen molar-refractivity contribution in [1.29, 1.82) is 0 Å². The second-order valence-corrected chi connectivity index (χ2v) is 8.27. The van der Waals surface area contributed by atoms with Crippen molar-refractivity contribution in [3.05, 3.63) is 53.6 Å². The van der Waals surface area contributed by atoms with Gasteiger partial charge in [0.25, 0.3) is 10.0 Å². The Hall–Kier alpha value is -3.07. The van der Waals surface area contributed by atoms with Crippen LogP contribution >= 0.6 is 0 Å². The van der Waals surface area contributed by atoms with E-state index in [1.807, 2.05) is 6.92 Å². The molecule has 0 bridgehead atoms. The van der Waals surface area contributed by atoms with E-state index in [0.29, 0.717) is 35.6 Å². The van der Waals surface area contributed by atoms with E-state index >= 15 is 0 Å². The predicted molar refractivity (Wildman–Crippen MR) is 111 cm³/mol. The maximum absolute atomic E-state index is 12.7. The zero-order valence-electron chi connectivity index (χ0n) is 16.9. The van der Waals surface area contributed by atoms with Gasteiger partial charge in [0.15, 0.2) is 0 Å². The van der Waals surface area contributed by atoms with Crippen LogP contribution in [-0.4, -0.2) is 38.7 Å². The molecule has 0 fully saturated rings. The zero-order valence-corrected chi connectivity index (χ0v) is 17.7. The van der Waals surface area contributed by atoms with E-state index in [1.165, 1.54) is 42.5 Å². The molecule has 0 atom stereocenters. The number of rotatable bonds is 11. The molecule has 2 aromatic rings. The van der Waals surface area contributed by atoms with Gasteiger partial charge in [-0.25, -0.2) is 13.2 Å². The van der Waals surface area contributed by atoms with Crippen molar-refractivity contribution in [3.63, 3.8) is 0 Å². The summed E-state index contributed by atoms with van der Waals surface area (Å²) in [6.07, 6.45) is 1.08. The molecule has 0 spiro atoms. The molecule has 2 N–H and O–H groups in total. The van der Waals surface area contributed by atoms with Crippen LogP contribution < -0.4 is 9.46 Å². The average molecular weight is 435 g/mol. The summed E-state index contributed by atoms with van der Waals surface area (Å²) < 4.78 is 38.3. The second kappa shape index (κ2) is 10.6. The van der Waals surface area contributed by atoms with Gasteiger partial charge in [-0.1, -0.05) is 6.92 Å². The van der Waals surface area contributed by atoms with Crippen molar-refractivity contribution in [2.24, 2.45) is 0 Å². The molecular weight excluding hydrogens is 410 g/mol. The molecule has 0 saturated carbocycles. The average Bonchev–Trinajstić information content (AvgIpc) is 2.70. The van der Waals surface area contributed by atoms with Gasteiger partial charge in [-0.15, -0.1) is 0 Å². The standard InChI is InChI=1S/C21H25NO7S/c1-3-12-29-21(25)16-6-8-17(9-7-16)22-30(26,27)18-10-11-19(15(2)14-18)28-13-4-5-20(23)24/h6-11,14,22H,3-5,12-13H2,1-2H3,(H,23,24). The SMILES string of the molecule is CCCOC(=O)c1ccc(NS(=O)(=O)c2ccc(OCCCC(=O)O)c(C)c2)cc1. The minimum absolute atomic E-state index is 0.00451. The van der Waals surface area contributed by atoms with Crippen molar-refractivity contribution >= 4 is 27.6 Å². The summed E-state index contributed by atoms with van der Waals surface area (Å²) in [5, 5.41) is 8.64. The minimum atomic E-state index is -3.84. The van der Waals surface area contributed by atoms with E-state index in [9.17, 15) is 18.0 Å². The van der Waals surface area contributed by atoms with Crippen LogP contribution in [0.4, 0.5) is 5.69 Å². The Kier molecular flexibility index (Phi) is 8.23. The number of ether oxygens (including phenoxy) is 2. The number of anilines is 1. The fourth-order valence-corrected chi connectivity index (χ4v) is 3.67. The number of benzene rings is 2. The summed E-state index contributed by atoms with van der Waals surface area (Å²) in [5.74, 6) is -0.858. The summed E-state index contributed by atoms with van der Waals surface area (Å²) in [6.45, 7) is 4.16. The highest BCUT2D eigenvalue weighted by molar-refractivity contribution is 7.92. The summed E-state index contributed by atoms with van der Waals surface area (Å²) in [6, 6.07) is 10.4. The largest absolute Gasteiger partial charge is 0.493 e. The van der Waals surface area contributed by atoms with E-state index in [2.05, 4.69) is 4.72 Å². The number of sulfonamides is 1. The Morgan fingerprint density at radius 1 is 1.07 bits per heavy atom. The first kappa shape index (κ1) is 23.2. The molecule has 2 rings (SSSR count). The highest BCUT2D eigenvalue weighted by Gasteiger charge is 2.16. The topological polar surface area (TPSA) is 119 Å². The van der Waals surface area contributed by atoms with E-state index in [0.717, 1.165) is 6.42 Å². The summed E-state index contributed by atoms with van der Waals surface area (Å²) in [4.78, 5) is 22.4. The Labute approximate surface area is 175 Å². The summed E-state index contributed by atoms with van der Waals surface area (Å²) >= 11 is 0. The third-order valence-corrected chi connectivity index (χ3v) is 5.44. The van der Waals surface area contributed by atoms with Gasteiger partial charge < -0.3 is 14.6 Å². The molecule has 0 amide bonds. The predicted octanol–water partition coefficient (Wildman–Crippen LogP) is 3.61. The first-order valence-corrected chi connectivity index (χ1v) is 11.0. The van der Waals surface area contributed by atoms with Crippen molar-refractivity contribution in [1.82, 2.24) is 0 Å². The van der Waals surface area contributed by atoms with Crippen LogP contribution in [0.25, 0.3) is 0 Å². The van der Waals surface area contributed by atoms with Gasteiger partial charge in [0.1, 0.15) is 5.75 Å². The number of hydrogen-bond acceptors (Lipinski definition) is 6. The van der Waals surface area contributed by atoms with Gasteiger partial charge in [0, 0.05) is 12.1 Å². The Morgan fingerprint density at radius 3 is 2.37 bits per heavy atom. The lowest BCUT2D eigenvalue weighted by Crippen LogP contribution is -2.13. The van der Waals surface area contributed by atoms with Gasteiger partial charge in [-0.3, -0.25) is 9.52 Å². The van der Waals surface area contributed by atoms with Crippen LogP contribution in [0.2, 0.25) is 0 Å². The maximum atomic E-state index is 12.7. The van der Waals surface area contributed by atoms with Crippen molar-refractivity contribution in [2.75, 3.05) is 17.9 Å². The maximum Gasteiger partial charge on any atom is 0.338 e. The first-order chi connectivity index (χ1) is 14.2. The fourth-order valence-electron chi connectivity index (χ4n) is 2.52. The van der Waals surface area contributed by atoms with Gasteiger partial charge in [-0.05, 0) is 67.8 Å². The lowest BCUT2D eigenvalue weighted by molar-refractivity contribution is -0.137. The third kappa shape index (κ3) is 6.77. The molecule has 0 saturated heterocycles. The summed E-state index contributed by atoms with van der Waals surface area (Å²) in [5.41, 5.74) is 1.27. The van der Waals surface area contributed by atoms with Crippen LogP contribution in [0.5, 0.6) is 5.75 Å². The monoisotopic (exact) mass is 435 g/mol. The lowest BCUT2D eigenvalue weighted by Gasteiger charge is -2.12. The van der Waals surface area contributed by atoms with Crippen LogP contribution in [0.15, 0.2) is 47.4 Å². The minimum Gasteiger partial charge on any atom is -0.493 e. The second-order valence-electron chi connectivity index (χ2n) is 6.59. The Balaban J connectivity index is 2.03. The third-order valence-electron chi connectivity index (χ3n) is 4.06. The van der Waals surface area contributed by atoms with Gasteiger partial charge in [-0.2, -0.15) is 0 Å². The van der Waals surface area contributed by atoms with Crippen LogP contribution in [0, 0.1) is 6.92 Å². The number of nitrogens with one attached hydrogen (secondary N) is 1. The zero-order chi connectivity index (χ0) is 22.1. The number of aliphatic carboxylic acids is 1. The van der Waals surface area contributed by atoms with E-state index in [1.54, 1.807) is 6.92 Å². The van der Waals surface area contributed by atoms with Crippen molar-refractivity contribution in [3.8, 4) is 5.75 Å². The number of hydrogen-bond donors (Lipinski definition) is 2. The van der Waals surface area contributed by atoms with Crippen LogP contribution in [0.1, 0.15) is 42.1 Å². The molecule has 0 heterocycles. The number of aryl methyl sites for hydroxylation is 1. The van der Waals surface area contributed by atoms with Gasteiger partial charge >= 0.3 is 11.9 Å². The highest BCUT2D eigenvalue weighted by atomic mass is 32.2. The van der Waals surface area contributed by atoms with Crippen molar-refractivity contribution in [2.45, 2.75) is 38.0 Å². The molecule has 0 radical (unpaired) electrons. The number of carbonyl (C=O) groups excluding carboxylic acids is 1. The molecule has 30 heavy (non-hydrogen) atoms. The molecule has 0 aliphatic carbocycles. The number of carbonyl (C=O) groups is 2. The first-order valence-electron chi connectivity index (χ1n) is 9.48. The Bertz CT molecular complexity index is 985. The highest BCUT2D eigenvalue weighted by Crippen LogP contribution is 2.24. The van der Waals surface area contributed by atoms with E-state index in [-0.39, 0.29) is 17.9 Å². The molecule has 0 unspecified atom stereocenters. The molecule has 2 aromatic carbocycles. The molecule has 0 aromatic heterocycles. The molecule has 0 aliphatic rings. The van der Waals surface area contributed by atoms with Gasteiger partial charge in [0.2, 0.25) is 0 Å². The molecule has 0 aliphatic heterocycles. The molecule has 8 nitrogen and oxygen atoms in total. The number of carboxylic acid groups (broad SMARTS) is 1. The van der Waals surface area contributed by atoms with E-state index < -0.39 is 22.0 Å². The lowest BCUT2D eigenvalue weighted by atomic mass is 10.2. The molecule has 9 heteroatoms. The fraction of sp³-hybridized carbons (Fsp3) is 0.333. The summed E-state index contributed by atoms with van der Waals surface area (Å²) in [7, 11) is -3.84. The normalized spacial score (nSPS) is 11.0. The Morgan fingerprint density at radius 2 is 1.77 bits per heavy atom. The quantitative estimate of drug-likeness (QED) is 0.409. The molecular formula is C21H25NO7S. The smallest absolute Gasteiger partial charge is 0.338 e. The van der Waals surface area contributed by atoms with Crippen LogP contribution in [-0.2, 0) is 19.6 Å². The van der Waals surface area contributed by atoms with Crippen molar-refractivity contribution < 1.29 is 32.6 Å². The van der Waals surface area contributed by atoms with Gasteiger partial charge in [0.05, 0.1) is 23.7 Å². The van der Waals surface area contributed by atoms with Crippen LogP contribution in [0.3, 0.4) is 0 Å². The molecule has 162 valence electrons. The van der Waals surface area contributed by atoms with E-state index in [4.69, 9.17) is 14.6 Å². The number of esters is 1.